The monoisotopic (exact) mass is 420 g/mol. The van der Waals surface area contributed by atoms with Gasteiger partial charge in [-0.25, -0.2) is 4.79 Å². The summed E-state index contributed by atoms with van der Waals surface area (Å²) in [7, 11) is 1.77. The lowest BCUT2D eigenvalue weighted by molar-refractivity contribution is -0.0190. The first-order valence-electron chi connectivity index (χ1n) is 11.5. The van der Waals surface area contributed by atoms with Crippen LogP contribution in [0.2, 0.25) is 0 Å². The van der Waals surface area contributed by atoms with Gasteiger partial charge in [0.15, 0.2) is 0 Å². The number of likely N-dealkylation sites (tertiary alicyclic amines) is 1. The molecule has 1 aromatic carbocycles. The van der Waals surface area contributed by atoms with Crippen molar-refractivity contribution in [3.05, 3.63) is 36.4 Å². The fourth-order valence-electron chi connectivity index (χ4n) is 3.62. The smallest absolute Gasteiger partial charge is 0.410 e. The number of hydrogen-bond acceptors (Lipinski definition) is 4. The van der Waals surface area contributed by atoms with Gasteiger partial charge in [-0.2, -0.15) is 0 Å². The maximum absolute atomic E-state index is 12.2. The van der Waals surface area contributed by atoms with Gasteiger partial charge in [0.25, 0.3) is 0 Å². The summed E-state index contributed by atoms with van der Waals surface area (Å²) in [6.45, 7) is 14.2. The predicted octanol–water partition coefficient (Wildman–Crippen LogP) is 5.50. The number of carbonyl (C=O) groups excluding carboxylic acids is 1. The van der Waals surface area contributed by atoms with E-state index >= 15 is 0 Å². The molecule has 5 nitrogen and oxygen atoms in total. The molecule has 2 fully saturated rings. The van der Waals surface area contributed by atoms with Gasteiger partial charge < -0.3 is 19.7 Å². The molecule has 30 heavy (non-hydrogen) atoms. The zero-order valence-corrected chi connectivity index (χ0v) is 20.2. The van der Waals surface area contributed by atoms with Crippen LogP contribution < -0.4 is 5.32 Å². The quantitative estimate of drug-likeness (QED) is 0.683. The molecule has 0 aromatic heterocycles. The number of rotatable bonds is 5. The van der Waals surface area contributed by atoms with Crippen LogP contribution in [0.15, 0.2) is 36.4 Å². The van der Waals surface area contributed by atoms with Crippen molar-refractivity contribution in [3.8, 4) is 0 Å². The fourth-order valence-corrected chi connectivity index (χ4v) is 3.62. The summed E-state index contributed by atoms with van der Waals surface area (Å²) in [5, 5.41) is 3.72. The van der Waals surface area contributed by atoms with Crippen LogP contribution in [0, 0.1) is 5.41 Å². The molecule has 1 amide bonds. The first-order valence-corrected chi connectivity index (χ1v) is 11.5. The molecule has 0 radical (unpaired) electrons. The zero-order valence-electron chi connectivity index (χ0n) is 20.2. The van der Waals surface area contributed by atoms with Gasteiger partial charge in [-0.3, -0.25) is 0 Å². The number of carbonyl (C=O) groups is 1. The Morgan fingerprint density at radius 2 is 1.53 bits per heavy atom. The number of nitrogens with one attached hydrogen (secondary N) is 1. The number of amides is 1. The van der Waals surface area contributed by atoms with Crippen LogP contribution in [0.1, 0.15) is 67.2 Å². The summed E-state index contributed by atoms with van der Waals surface area (Å²) in [6.07, 6.45) is 4.30. The molecule has 1 heterocycles. The van der Waals surface area contributed by atoms with Crippen molar-refractivity contribution in [2.45, 2.75) is 84.9 Å². The van der Waals surface area contributed by atoms with Gasteiger partial charge in [0.1, 0.15) is 5.60 Å². The van der Waals surface area contributed by atoms with Crippen LogP contribution >= 0.6 is 0 Å². The van der Waals surface area contributed by atoms with E-state index in [0.717, 1.165) is 32.5 Å². The third kappa shape index (κ3) is 9.48. The van der Waals surface area contributed by atoms with Crippen molar-refractivity contribution in [2.24, 2.45) is 5.41 Å². The van der Waals surface area contributed by atoms with E-state index in [-0.39, 0.29) is 11.5 Å². The number of methoxy groups -OCH3 is 1. The summed E-state index contributed by atoms with van der Waals surface area (Å²) in [5.41, 5.74) is -0.311. The highest BCUT2D eigenvalue weighted by Gasteiger charge is 2.42. The zero-order chi connectivity index (χ0) is 22.6. The second-order valence-corrected chi connectivity index (χ2v) is 9.08. The molecule has 3 rings (SSSR count). The largest absolute Gasteiger partial charge is 0.444 e. The van der Waals surface area contributed by atoms with Crippen molar-refractivity contribution in [2.75, 3.05) is 26.8 Å². The van der Waals surface area contributed by atoms with Gasteiger partial charge in [-0.05, 0) is 53.4 Å². The molecule has 0 spiro atoms. The minimum atomic E-state index is -0.432. The highest BCUT2D eigenvalue weighted by Crippen LogP contribution is 2.37. The first-order chi connectivity index (χ1) is 14.3. The molecule has 0 bridgehead atoms. The Morgan fingerprint density at radius 1 is 1.07 bits per heavy atom. The molecule has 5 heteroatoms. The van der Waals surface area contributed by atoms with Crippen molar-refractivity contribution in [3.63, 3.8) is 0 Å². The normalized spacial score (nSPS) is 18.8. The second kappa shape index (κ2) is 13.0. The average Bonchev–Trinajstić information content (AvgIpc) is 3.55. The Labute approximate surface area is 184 Å². The molecule has 1 N–H and O–H groups in total. The standard InChI is InChI=1S/C17H32N2O3.C6H6.C2H6/c1-13(18-14-6-7-14)17(12-21-5)8-10-19(11-9-17)15(20)22-16(2,3)4;1-2-4-6-5-3-1;1-2/h13-14,18H,6-12H2,1-5H3;1-6H;1-2H3. The van der Waals surface area contributed by atoms with Crippen LogP contribution in [0.4, 0.5) is 4.79 Å². The summed E-state index contributed by atoms with van der Waals surface area (Å²) in [5.74, 6) is 0. The lowest BCUT2D eigenvalue weighted by atomic mass is 9.73. The SMILES string of the molecule is CC.COCC1(C(C)NC2CC2)CCN(C(=O)OC(C)(C)C)CC1.c1ccccc1. The van der Waals surface area contributed by atoms with Crippen LogP contribution in [0.3, 0.4) is 0 Å². The molecule has 1 saturated heterocycles. The van der Waals surface area contributed by atoms with E-state index in [1.807, 2.05) is 75.9 Å². The molecular formula is C25H44N2O3. The lowest BCUT2D eigenvalue weighted by Gasteiger charge is -2.45. The Balaban J connectivity index is 0.000000474. The molecule has 1 saturated carbocycles. The van der Waals surface area contributed by atoms with Gasteiger partial charge in [-0.1, -0.05) is 50.2 Å². The van der Waals surface area contributed by atoms with Crippen molar-refractivity contribution >= 4 is 6.09 Å². The van der Waals surface area contributed by atoms with E-state index in [9.17, 15) is 4.79 Å². The van der Waals surface area contributed by atoms with E-state index in [1.165, 1.54) is 12.8 Å². The Kier molecular flexibility index (Phi) is 11.4. The summed E-state index contributed by atoms with van der Waals surface area (Å²) in [6, 6.07) is 13.1. The van der Waals surface area contributed by atoms with E-state index in [4.69, 9.17) is 9.47 Å². The van der Waals surface area contributed by atoms with E-state index in [1.54, 1.807) is 7.11 Å². The van der Waals surface area contributed by atoms with Gasteiger partial charge in [-0.15, -0.1) is 0 Å². The molecular weight excluding hydrogens is 376 g/mol. The number of benzene rings is 1. The van der Waals surface area contributed by atoms with Crippen molar-refractivity contribution in [1.29, 1.82) is 0 Å². The third-order valence-electron chi connectivity index (χ3n) is 5.49. The van der Waals surface area contributed by atoms with Gasteiger partial charge in [0, 0.05) is 37.7 Å². The molecule has 1 atom stereocenters. The van der Waals surface area contributed by atoms with Crippen molar-refractivity contribution < 1.29 is 14.3 Å². The van der Waals surface area contributed by atoms with Crippen LogP contribution in [0.5, 0.6) is 0 Å². The predicted molar refractivity (Wildman–Crippen MR) is 125 cm³/mol. The number of piperidine rings is 1. The molecule has 2 aliphatic rings. The average molecular weight is 421 g/mol. The summed E-state index contributed by atoms with van der Waals surface area (Å²) in [4.78, 5) is 14.0. The van der Waals surface area contributed by atoms with Crippen molar-refractivity contribution in [1.82, 2.24) is 10.2 Å². The summed E-state index contributed by atoms with van der Waals surface area (Å²) >= 11 is 0. The van der Waals surface area contributed by atoms with E-state index in [0.29, 0.717) is 12.1 Å². The fraction of sp³-hybridized carbons (Fsp3) is 0.720. The van der Waals surface area contributed by atoms with Crippen LogP contribution in [-0.2, 0) is 9.47 Å². The maximum atomic E-state index is 12.2. The Bertz CT molecular complexity index is 547. The molecule has 1 aromatic rings. The second-order valence-electron chi connectivity index (χ2n) is 9.08. The molecule has 172 valence electrons. The van der Waals surface area contributed by atoms with Crippen LogP contribution in [-0.4, -0.2) is 55.5 Å². The minimum absolute atomic E-state index is 0.121. The molecule has 1 unspecified atom stereocenters. The van der Waals surface area contributed by atoms with Gasteiger partial charge in [0.05, 0.1) is 6.61 Å². The first kappa shape index (κ1) is 26.4. The Hall–Kier alpha value is -1.59. The van der Waals surface area contributed by atoms with E-state index < -0.39 is 5.60 Å². The summed E-state index contributed by atoms with van der Waals surface area (Å²) < 4.78 is 11.0. The van der Waals surface area contributed by atoms with Gasteiger partial charge >= 0.3 is 6.09 Å². The lowest BCUT2D eigenvalue weighted by Crippen LogP contribution is -2.54. The number of hydrogen-bond donors (Lipinski definition) is 1. The third-order valence-corrected chi connectivity index (χ3v) is 5.49. The number of nitrogens with zero attached hydrogens (tertiary/aromatic N) is 1. The molecule has 1 aliphatic carbocycles. The van der Waals surface area contributed by atoms with Gasteiger partial charge in [0.2, 0.25) is 0 Å². The number of ether oxygens (including phenoxy) is 2. The Morgan fingerprint density at radius 3 is 1.90 bits per heavy atom. The molecule has 1 aliphatic heterocycles. The topological polar surface area (TPSA) is 50.8 Å². The maximum Gasteiger partial charge on any atom is 0.410 e. The highest BCUT2D eigenvalue weighted by molar-refractivity contribution is 5.68. The van der Waals surface area contributed by atoms with Crippen LogP contribution in [0.25, 0.3) is 0 Å². The highest BCUT2D eigenvalue weighted by atomic mass is 16.6. The minimum Gasteiger partial charge on any atom is -0.444 e. The van der Waals surface area contributed by atoms with E-state index in [2.05, 4.69) is 12.2 Å².